The van der Waals surface area contributed by atoms with Gasteiger partial charge in [0.1, 0.15) is 24.0 Å². The maximum absolute atomic E-state index is 14.1. The summed E-state index contributed by atoms with van der Waals surface area (Å²) in [6, 6.07) is 13.4. The van der Waals surface area contributed by atoms with Crippen LogP contribution in [-0.4, -0.2) is 5.91 Å². The monoisotopic (exact) mass is 487 g/mol. The summed E-state index contributed by atoms with van der Waals surface area (Å²) >= 11 is 0. The van der Waals surface area contributed by atoms with Crippen molar-refractivity contribution in [2.24, 2.45) is 0 Å². The highest BCUT2D eigenvalue weighted by Crippen LogP contribution is 2.45. The van der Waals surface area contributed by atoms with Crippen LogP contribution in [0.3, 0.4) is 0 Å². The standard InChI is InChI=1S/C27H22F5NO2/c1-16(34)33-21-10-6-17(7-11-21)22-3-2-4-23(22)24-13-19(27(30,31)32)8-12-26(24)35-15-18-5-9-20(28)14-25(18)29/h5-14H,2-4,15H2,1H3,(H,33,34). The number of allylic oxidation sites excluding steroid dienone is 2. The second-order valence-corrected chi connectivity index (χ2v) is 8.30. The average molecular weight is 487 g/mol. The van der Waals surface area contributed by atoms with Gasteiger partial charge in [0, 0.05) is 29.8 Å². The van der Waals surface area contributed by atoms with E-state index in [1.807, 2.05) is 12.1 Å². The van der Waals surface area contributed by atoms with Crippen LogP contribution in [0.1, 0.15) is 48.4 Å². The number of amides is 1. The molecule has 0 aliphatic heterocycles. The van der Waals surface area contributed by atoms with E-state index in [1.165, 1.54) is 19.1 Å². The summed E-state index contributed by atoms with van der Waals surface area (Å²) in [5, 5.41) is 2.68. The Morgan fingerprint density at radius 1 is 0.943 bits per heavy atom. The lowest BCUT2D eigenvalue weighted by Crippen LogP contribution is -2.07. The topological polar surface area (TPSA) is 38.3 Å². The van der Waals surface area contributed by atoms with Crippen molar-refractivity contribution in [3.8, 4) is 5.75 Å². The summed E-state index contributed by atoms with van der Waals surface area (Å²) in [7, 11) is 0. The first-order valence-electron chi connectivity index (χ1n) is 11.0. The molecule has 0 fully saturated rings. The maximum atomic E-state index is 14.1. The van der Waals surface area contributed by atoms with Gasteiger partial charge in [0.05, 0.1) is 5.56 Å². The van der Waals surface area contributed by atoms with Gasteiger partial charge in [0.15, 0.2) is 0 Å². The minimum Gasteiger partial charge on any atom is -0.488 e. The van der Waals surface area contributed by atoms with Crippen molar-refractivity contribution in [3.05, 3.63) is 94.6 Å². The summed E-state index contributed by atoms with van der Waals surface area (Å²) in [5.41, 5.74) is 2.62. The van der Waals surface area contributed by atoms with Crippen molar-refractivity contribution in [2.75, 3.05) is 5.32 Å². The number of rotatable bonds is 6. The zero-order valence-electron chi connectivity index (χ0n) is 18.8. The quantitative estimate of drug-likeness (QED) is 0.363. The Morgan fingerprint density at radius 3 is 2.31 bits per heavy atom. The molecule has 1 N–H and O–H groups in total. The molecular formula is C27H22F5NO2. The number of halogens is 5. The first kappa shape index (κ1) is 24.4. The maximum Gasteiger partial charge on any atom is 0.416 e. The van der Waals surface area contributed by atoms with E-state index in [4.69, 9.17) is 4.74 Å². The third-order valence-electron chi connectivity index (χ3n) is 5.80. The molecule has 0 heterocycles. The summed E-state index contributed by atoms with van der Waals surface area (Å²) in [5.74, 6) is -1.54. The molecule has 35 heavy (non-hydrogen) atoms. The third-order valence-corrected chi connectivity index (χ3v) is 5.80. The second-order valence-electron chi connectivity index (χ2n) is 8.30. The Morgan fingerprint density at radius 2 is 1.66 bits per heavy atom. The van der Waals surface area contributed by atoms with Crippen LogP contribution >= 0.6 is 0 Å². The lowest BCUT2D eigenvalue weighted by atomic mass is 9.95. The predicted octanol–water partition coefficient (Wildman–Crippen LogP) is 7.62. The van der Waals surface area contributed by atoms with Crippen molar-refractivity contribution in [2.45, 2.75) is 39.0 Å². The van der Waals surface area contributed by atoms with E-state index in [2.05, 4.69) is 5.32 Å². The fraction of sp³-hybridized carbons (Fsp3) is 0.222. The lowest BCUT2D eigenvalue weighted by Gasteiger charge is -2.17. The molecule has 3 nitrogen and oxygen atoms in total. The minimum absolute atomic E-state index is 0.0893. The van der Waals surface area contributed by atoms with Crippen LogP contribution in [0.15, 0.2) is 60.7 Å². The number of carbonyl (C=O) groups is 1. The molecule has 0 bridgehead atoms. The van der Waals surface area contributed by atoms with Gasteiger partial charge in [-0.25, -0.2) is 8.78 Å². The largest absolute Gasteiger partial charge is 0.488 e. The van der Waals surface area contributed by atoms with Crippen molar-refractivity contribution in [3.63, 3.8) is 0 Å². The molecule has 1 aliphatic carbocycles. The Kier molecular flexibility index (Phi) is 6.91. The van der Waals surface area contributed by atoms with E-state index in [-0.39, 0.29) is 23.8 Å². The van der Waals surface area contributed by atoms with Crippen LogP contribution in [0.2, 0.25) is 0 Å². The van der Waals surface area contributed by atoms with Crippen LogP contribution in [0.25, 0.3) is 11.1 Å². The van der Waals surface area contributed by atoms with Crippen molar-refractivity contribution in [1.82, 2.24) is 0 Å². The van der Waals surface area contributed by atoms with Gasteiger partial charge in [-0.3, -0.25) is 4.79 Å². The normalized spacial score (nSPS) is 13.8. The molecule has 3 aromatic carbocycles. The fourth-order valence-corrected chi connectivity index (χ4v) is 4.18. The third kappa shape index (κ3) is 5.70. The number of nitrogens with one attached hydrogen (secondary N) is 1. The van der Waals surface area contributed by atoms with E-state index in [1.54, 1.807) is 12.1 Å². The molecule has 0 saturated heterocycles. The fourth-order valence-electron chi connectivity index (χ4n) is 4.18. The van der Waals surface area contributed by atoms with E-state index in [9.17, 15) is 26.7 Å². The van der Waals surface area contributed by atoms with Crippen molar-refractivity contribution in [1.29, 1.82) is 0 Å². The van der Waals surface area contributed by atoms with Crippen LogP contribution in [-0.2, 0) is 17.6 Å². The van der Waals surface area contributed by atoms with Crippen molar-refractivity contribution < 1.29 is 31.5 Å². The van der Waals surface area contributed by atoms with Crippen LogP contribution < -0.4 is 10.1 Å². The Labute approximate surface area is 199 Å². The molecule has 1 aliphatic rings. The first-order chi connectivity index (χ1) is 16.6. The van der Waals surface area contributed by atoms with E-state index in [0.717, 1.165) is 47.4 Å². The van der Waals surface area contributed by atoms with Crippen LogP contribution in [0.4, 0.5) is 27.6 Å². The number of alkyl halides is 3. The van der Waals surface area contributed by atoms with Gasteiger partial charge in [0.25, 0.3) is 0 Å². The minimum atomic E-state index is -4.55. The summed E-state index contributed by atoms with van der Waals surface area (Å²) < 4.78 is 73.6. The first-order valence-corrected chi connectivity index (χ1v) is 11.0. The van der Waals surface area contributed by atoms with Gasteiger partial charge >= 0.3 is 6.18 Å². The van der Waals surface area contributed by atoms with E-state index >= 15 is 0 Å². The molecule has 182 valence electrons. The summed E-state index contributed by atoms with van der Waals surface area (Å²) in [4.78, 5) is 11.3. The second kappa shape index (κ2) is 9.90. The van der Waals surface area contributed by atoms with E-state index in [0.29, 0.717) is 24.1 Å². The van der Waals surface area contributed by atoms with Crippen LogP contribution in [0, 0.1) is 11.6 Å². The summed E-state index contributed by atoms with van der Waals surface area (Å²) in [6.07, 6.45) is -2.58. The lowest BCUT2D eigenvalue weighted by molar-refractivity contribution is -0.137. The highest BCUT2D eigenvalue weighted by Gasteiger charge is 2.32. The van der Waals surface area contributed by atoms with Crippen LogP contribution in [0.5, 0.6) is 5.75 Å². The smallest absolute Gasteiger partial charge is 0.416 e. The SMILES string of the molecule is CC(=O)Nc1ccc(C2=C(c3cc(C(F)(F)F)ccc3OCc3ccc(F)cc3F)CCC2)cc1. The van der Waals surface area contributed by atoms with Gasteiger partial charge in [-0.2, -0.15) is 13.2 Å². The van der Waals surface area contributed by atoms with Crippen molar-refractivity contribution >= 4 is 22.7 Å². The number of hydrogen-bond donors (Lipinski definition) is 1. The van der Waals surface area contributed by atoms with Gasteiger partial charge in [-0.15, -0.1) is 0 Å². The van der Waals surface area contributed by atoms with Gasteiger partial charge in [0.2, 0.25) is 5.91 Å². The molecule has 0 radical (unpaired) electrons. The number of ether oxygens (including phenoxy) is 1. The molecule has 0 unspecified atom stereocenters. The predicted molar refractivity (Wildman–Crippen MR) is 124 cm³/mol. The van der Waals surface area contributed by atoms with Gasteiger partial charge < -0.3 is 10.1 Å². The molecule has 0 aromatic heterocycles. The molecule has 0 saturated carbocycles. The Balaban J connectivity index is 1.73. The molecule has 1 amide bonds. The molecule has 8 heteroatoms. The molecule has 4 rings (SSSR count). The molecular weight excluding hydrogens is 465 g/mol. The Hall–Kier alpha value is -3.68. The number of benzene rings is 3. The number of carbonyl (C=O) groups excluding carboxylic acids is 1. The Bertz CT molecular complexity index is 1280. The number of hydrogen-bond acceptors (Lipinski definition) is 2. The molecule has 0 spiro atoms. The zero-order chi connectivity index (χ0) is 25.2. The summed E-state index contributed by atoms with van der Waals surface area (Å²) in [6.45, 7) is 1.14. The van der Waals surface area contributed by atoms with Gasteiger partial charge in [-0.1, -0.05) is 12.1 Å². The average Bonchev–Trinajstić information content (AvgIpc) is 3.28. The zero-order valence-corrected chi connectivity index (χ0v) is 18.8. The number of anilines is 1. The van der Waals surface area contributed by atoms with Gasteiger partial charge in [-0.05, 0) is 78.4 Å². The molecule has 0 atom stereocenters. The van der Waals surface area contributed by atoms with E-state index < -0.39 is 23.4 Å². The highest BCUT2D eigenvalue weighted by molar-refractivity contribution is 5.95. The molecule has 3 aromatic rings. The highest BCUT2D eigenvalue weighted by atomic mass is 19.4.